The molecule has 0 bridgehead atoms. The van der Waals surface area contributed by atoms with Gasteiger partial charge in [0.2, 0.25) is 0 Å². The summed E-state index contributed by atoms with van der Waals surface area (Å²) in [5.74, 6) is 0.208. The molecule has 0 unspecified atom stereocenters. The van der Waals surface area contributed by atoms with Gasteiger partial charge >= 0.3 is 0 Å². The van der Waals surface area contributed by atoms with Crippen molar-refractivity contribution in [1.82, 2.24) is 0 Å². The molecular weight excluding hydrogens is 320 g/mol. The maximum absolute atomic E-state index is 12.0. The molecule has 0 N–H and O–H groups in total. The predicted octanol–water partition coefficient (Wildman–Crippen LogP) is 4.14. The molecule has 0 saturated carbocycles. The summed E-state index contributed by atoms with van der Waals surface area (Å²) in [5.41, 5.74) is 3.59. The van der Waals surface area contributed by atoms with Gasteiger partial charge in [0, 0.05) is 5.56 Å². The van der Waals surface area contributed by atoms with Crippen molar-refractivity contribution < 1.29 is 4.79 Å². The molecule has 1 rings (SSSR count). The van der Waals surface area contributed by atoms with Crippen LogP contribution in [0.1, 0.15) is 61.0 Å². The van der Waals surface area contributed by atoms with E-state index < -0.39 is 0 Å². The zero-order chi connectivity index (χ0) is 13.4. The molecule has 0 aliphatic carbocycles. The van der Waals surface area contributed by atoms with E-state index in [1.807, 2.05) is 12.1 Å². The summed E-state index contributed by atoms with van der Waals surface area (Å²) in [6.45, 7) is 4.40. The van der Waals surface area contributed by atoms with E-state index >= 15 is 0 Å². The lowest BCUT2D eigenvalue weighted by Gasteiger charge is -2.13. The van der Waals surface area contributed by atoms with E-state index in [9.17, 15) is 4.79 Å². The fourth-order valence-electron chi connectivity index (χ4n) is 2.22. The average molecular weight is 346 g/mol. The van der Waals surface area contributed by atoms with Crippen molar-refractivity contribution in [3.05, 3.63) is 34.9 Å². The fraction of sp³-hybridized carbons (Fsp3) is 0.562. The summed E-state index contributed by atoms with van der Waals surface area (Å²) in [6.07, 6.45) is 6.86. The first-order chi connectivity index (χ1) is 8.74. The summed E-state index contributed by atoms with van der Waals surface area (Å²) in [6, 6.07) is 6.19. The van der Waals surface area contributed by atoms with Crippen LogP contribution in [-0.4, -0.2) is 11.1 Å². The SMILES string of the molecule is CCCCc1cccc(C(=O)CBr)c1CCCC.[SH3+]. The van der Waals surface area contributed by atoms with Crippen molar-refractivity contribution in [2.45, 2.75) is 52.4 Å². The summed E-state index contributed by atoms with van der Waals surface area (Å²) >= 11 is 3.28. The highest BCUT2D eigenvalue weighted by Crippen LogP contribution is 2.21. The number of carbonyl (C=O) groups is 1. The molecule has 3 heteroatoms. The molecule has 1 nitrogen and oxygen atoms in total. The Morgan fingerprint density at radius 2 is 1.74 bits per heavy atom. The molecule has 0 atom stereocenters. The number of hydrogen-bond acceptors (Lipinski definition) is 1. The first kappa shape index (κ1) is 18.7. The number of aryl methyl sites for hydroxylation is 1. The maximum atomic E-state index is 12.0. The normalized spacial score (nSPS) is 10.1. The molecule has 0 aliphatic rings. The van der Waals surface area contributed by atoms with Crippen molar-refractivity contribution in [2.24, 2.45) is 0 Å². The van der Waals surface area contributed by atoms with Gasteiger partial charge in [0.25, 0.3) is 0 Å². The van der Waals surface area contributed by atoms with Crippen LogP contribution >= 0.6 is 15.9 Å². The van der Waals surface area contributed by atoms with E-state index in [1.165, 1.54) is 30.4 Å². The second-order valence-electron chi connectivity index (χ2n) is 4.71. The molecule has 0 spiro atoms. The number of benzene rings is 1. The molecule has 108 valence electrons. The van der Waals surface area contributed by atoms with Crippen LogP contribution in [0.2, 0.25) is 0 Å². The smallest absolute Gasteiger partial charge is 0.173 e. The van der Waals surface area contributed by atoms with Crippen molar-refractivity contribution in [1.29, 1.82) is 0 Å². The van der Waals surface area contributed by atoms with Crippen LogP contribution < -0.4 is 0 Å². The molecule has 0 heterocycles. The number of unbranched alkanes of at least 4 members (excludes halogenated alkanes) is 2. The number of hydrogen-bond donors (Lipinski definition) is 0. The Morgan fingerprint density at radius 3 is 2.32 bits per heavy atom. The minimum atomic E-state index is 0. The zero-order valence-corrected chi connectivity index (χ0v) is 14.8. The van der Waals surface area contributed by atoms with Gasteiger partial charge in [0.1, 0.15) is 0 Å². The maximum Gasteiger partial charge on any atom is 0.173 e. The number of Topliss-reactive ketones (excluding diaryl/α,β-unsaturated/α-hetero) is 1. The Labute approximate surface area is 132 Å². The van der Waals surface area contributed by atoms with E-state index in [4.69, 9.17) is 0 Å². The lowest BCUT2D eigenvalue weighted by Crippen LogP contribution is -2.08. The quantitative estimate of drug-likeness (QED) is 0.393. The summed E-state index contributed by atoms with van der Waals surface area (Å²) in [5, 5.41) is 0.420. The minimum Gasteiger partial charge on any atom is -0.293 e. The van der Waals surface area contributed by atoms with Crippen molar-refractivity contribution in [2.75, 3.05) is 5.33 Å². The third-order valence-corrected chi connectivity index (χ3v) is 3.78. The molecule has 0 fully saturated rings. The molecule has 0 saturated heterocycles. The van der Waals surface area contributed by atoms with Gasteiger partial charge in [-0.3, -0.25) is 4.79 Å². The van der Waals surface area contributed by atoms with Crippen LogP contribution in [0.5, 0.6) is 0 Å². The van der Waals surface area contributed by atoms with Gasteiger partial charge in [-0.05, 0) is 36.8 Å². The van der Waals surface area contributed by atoms with Crippen molar-refractivity contribution >= 4 is 35.2 Å². The molecular formula is C16H26BrOS+. The molecule has 1 aromatic carbocycles. The Bertz CT molecular complexity index is 390. The van der Waals surface area contributed by atoms with Gasteiger partial charge in [-0.2, -0.15) is 0 Å². The highest BCUT2D eigenvalue weighted by Gasteiger charge is 2.13. The highest BCUT2D eigenvalue weighted by atomic mass is 79.9. The molecule has 0 amide bonds. The lowest BCUT2D eigenvalue weighted by molar-refractivity contribution is 0.102. The Morgan fingerprint density at radius 1 is 1.11 bits per heavy atom. The average Bonchev–Trinajstić information content (AvgIpc) is 2.42. The Balaban J connectivity index is 0.00000324. The Hall–Kier alpha value is -0.280. The number of halogens is 1. The van der Waals surface area contributed by atoms with Crippen LogP contribution in [0.25, 0.3) is 0 Å². The van der Waals surface area contributed by atoms with Gasteiger partial charge in [-0.15, -0.1) is 0 Å². The number of alkyl halides is 1. The van der Waals surface area contributed by atoms with Crippen molar-refractivity contribution in [3.8, 4) is 0 Å². The van der Waals surface area contributed by atoms with Gasteiger partial charge in [0.05, 0.1) is 5.33 Å². The molecule has 0 aromatic heterocycles. The summed E-state index contributed by atoms with van der Waals surface area (Å²) in [7, 11) is 0. The Kier molecular flexibility index (Phi) is 10.3. The molecule has 0 aliphatic heterocycles. The van der Waals surface area contributed by atoms with Gasteiger partial charge in [-0.1, -0.05) is 74.3 Å². The third-order valence-electron chi connectivity index (χ3n) is 3.27. The van der Waals surface area contributed by atoms with Gasteiger partial charge < -0.3 is 0 Å². The minimum absolute atomic E-state index is 0. The van der Waals surface area contributed by atoms with Crippen molar-refractivity contribution in [3.63, 3.8) is 0 Å². The summed E-state index contributed by atoms with van der Waals surface area (Å²) < 4.78 is 0. The van der Waals surface area contributed by atoms with Crippen LogP contribution in [0.15, 0.2) is 18.2 Å². The molecule has 0 radical (unpaired) electrons. The second-order valence-corrected chi connectivity index (χ2v) is 5.27. The zero-order valence-electron chi connectivity index (χ0n) is 12.0. The monoisotopic (exact) mass is 345 g/mol. The standard InChI is InChI=1S/C16H23BrO.H2S/c1-3-5-8-13-9-7-11-15(16(18)12-17)14(13)10-6-4-2;/h7,9,11H,3-6,8,10,12H2,1-2H3;1H2/p+1. The van der Waals surface area contributed by atoms with Crippen LogP contribution in [0.4, 0.5) is 0 Å². The summed E-state index contributed by atoms with van der Waals surface area (Å²) in [4.78, 5) is 12.0. The fourth-order valence-corrected chi connectivity index (χ4v) is 2.52. The van der Waals surface area contributed by atoms with E-state index in [-0.39, 0.29) is 19.3 Å². The largest absolute Gasteiger partial charge is 0.293 e. The van der Waals surface area contributed by atoms with Gasteiger partial charge in [0.15, 0.2) is 5.78 Å². The van der Waals surface area contributed by atoms with E-state index in [2.05, 4.69) is 35.8 Å². The third kappa shape index (κ3) is 5.70. The first-order valence-electron chi connectivity index (χ1n) is 6.94. The van der Waals surface area contributed by atoms with E-state index in [0.717, 1.165) is 24.8 Å². The molecule has 1 aromatic rings. The van der Waals surface area contributed by atoms with Crippen LogP contribution in [0, 0.1) is 0 Å². The number of rotatable bonds is 8. The van der Waals surface area contributed by atoms with Gasteiger partial charge in [-0.25, -0.2) is 0 Å². The number of carbonyl (C=O) groups excluding carboxylic acids is 1. The predicted molar refractivity (Wildman–Crippen MR) is 93.3 cm³/mol. The lowest BCUT2D eigenvalue weighted by atomic mass is 9.92. The number of ketones is 1. The highest BCUT2D eigenvalue weighted by molar-refractivity contribution is 9.09. The van der Waals surface area contributed by atoms with Crippen LogP contribution in [-0.2, 0) is 26.3 Å². The topological polar surface area (TPSA) is 17.1 Å². The second kappa shape index (κ2) is 10.5. The van der Waals surface area contributed by atoms with Crippen LogP contribution in [0.3, 0.4) is 0 Å². The molecule has 19 heavy (non-hydrogen) atoms. The first-order valence-corrected chi connectivity index (χ1v) is 8.06. The van der Waals surface area contributed by atoms with E-state index in [1.54, 1.807) is 0 Å². The van der Waals surface area contributed by atoms with E-state index in [0.29, 0.717) is 5.33 Å².